The van der Waals surface area contributed by atoms with Crippen molar-refractivity contribution in [3.63, 3.8) is 0 Å². The summed E-state index contributed by atoms with van der Waals surface area (Å²) in [5.41, 5.74) is 0.0270. The molecule has 2 aromatic rings. The van der Waals surface area contributed by atoms with Crippen LogP contribution in [0.1, 0.15) is 16.3 Å². The second kappa shape index (κ2) is 4.69. The predicted molar refractivity (Wildman–Crippen MR) is 60.9 cm³/mol. The predicted octanol–water partition coefficient (Wildman–Crippen LogP) is 1.70. The van der Waals surface area contributed by atoms with Crippen LogP contribution in [-0.2, 0) is 13.7 Å². The van der Waals surface area contributed by atoms with Crippen LogP contribution < -0.4 is 4.74 Å². The second-order valence-corrected chi connectivity index (χ2v) is 3.56. The molecular weight excluding hydrogens is 220 g/mol. The van der Waals surface area contributed by atoms with Gasteiger partial charge in [-0.15, -0.1) is 0 Å². The van der Waals surface area contributed by atoms with Crippen molar-refractivity contribution in [3.05, 3.63) is 48.0 Å². The van der Waals surface area contributed by atoms with E-state index >= 15 is 0 Å². The fourth-order valence-electron chi connectivity index (χ4n) is 1.41. The molecule has 0 bridgehead atoms. The SMILES string of the molecule is Cn1cc(C(=O)O)nc1COc1ccccc1. The molecule has 0 unspecified atom stereocenters. The van der Waals surface area contributed by atoms with E-state index in [2.05, 4.69) is 4.98 Å². The number of carbonyl (C=O) groups is 1. The molecule has 0 saturated heterocycles. The van der Waals surface area contributed by atoms with E-state index in [1.807, 2.05) is 30.3 Å². The summed E-state index contributed by atoms with van der Waals surface area (Å²) in [6, 6.07) is 9.31. The molecule has 0 amide bonds. The standard InChI is InChI=1S/C12H12N2O3/c1-14-7-10(12(15)16)13-11(14)8-17-9-5-3-2-4-6-9/h2-7H,8H2,1H3,(H,15,16). The Morgan fingerprint density at radius 3 is 2.71 bits per heavy atom. The van der Waals surface area contributed by atoms with E-state index in [9.17, 15) is 4.79 Å². The van der Waals surface area contributed by atoms with Crippen LogP contribution >= 0.6 is 0 Å². The lowest BCUT2D eigenvalue weighted by molar-refractivity contribution is 0.0690. The van der Waals surface area contributed by atoms with Crippen LogP contribution in [0.4, 0.5) is 0 Å². The molecule has 1 heterocycles. The number of ether oxygens (including phenoxy) is 1. The molecule has 0 fully saturated rings. The Morgan fingerprint density at radius 1 is 1.41 bits per heavy atom. The first-order chi connectivity index (χ1) is 8.16. The van der Waals surface area contributed by atoms with Gasteiger partial charge < -0.3 is 14.4 Å². The van der Waals surface area contributed by atoms with Crippen molar-refractivity contribution in [2.75, 3.05) is 0 Å². The number of aromatic carboxylic acids is 1. The van der Waals surface area contributed by atoms with Gasteiger partial charge in [-0.05, 0) is 12.1 Å². The average molecular weight is 232 g/mol. The Morgan fingerprint density at radius 2 is 2.12 bits per heavy atom. The molecule has 1 N–H and O–H groups in total. The molecule has 5 heteroatoms. The molecule has 1 aromatic carbocycles. The number of para-hydroxylation sites is 1. The smallest absolute Gasteiger partial charge is 0.356 e. The topological polar surface area (TPSA) is 64.4 Å². The van der Waals surface area contributed by atoms with E-state index in [0.717, 1.165) is 5.75 Å². The third-order valence-corrected chi connectivity index (χ3v) is 2.30. The Hall–Kier alpha value is -2.30. The first-order valence-electron chi connectivity index (χ1n) is 5.10. The highest BCUT2D eigenvalue weighted by Gasteiger charge is 2.11. The highest BCUT2D eigenvalue weighted by molar-refractivity contribution is 5.85. The minimum Gasteiger partial charge on any atom is -0.486 e. The maximum absolute atomic E-state index is 10.7. The quantitative estimate of drug-likeness (QED) is 0.871. The molecule has 2 rings (SSSR count). The number of rotatable bonds is 4. The van der Waals surface area contributed by atoms with Gasteiger partial charge in [-0.1, -0.05) is 18.2 Å². The Labute approximate surface area is 98.3 Å². The number of nitrogens with zero attached hydrogens (tertiary/aromatic N) is 2. The van der Waals surface area contributed by atoms with Crippen LogP contribution in [-0.4, -0.2) is 20.6 Å². The van der Waals surface area contributed by atoms with Crippen molar-refractivity contribution in [2.45, 2.75) is 6.61 Å². The zero-order chi connectivity index (χ0) is 12.3. The fourth-order valence-corrected chi connectivity index (χ4v) is 1.41. The van der Waals surface area contributed by atoms with Gasteiger partial charge in [0.25, 0.3) is 0 Å². The van der Waals surface area contributed by atoms with Crippen molar-refractivity contribution < 1.29 is 14.6 Å². The van der Waals surface area contributed by atoms with Crippen molar-refractivity contribution in [3.8, 4) is 5.75 Å². The number of carboxylic acid groups (broad SMARTS) is 1. The normalized spacial score (nSPS) is 10.2. The molecule has 0 saturated carbocycles. The van der Waals surface area contributed by atoms with Gasteiger partial charge in [0, 0.05) is 13.2 Å². The Kier molecular flexibility index (Phi) is 3.09. The summed E-state index contributed by atoms with van der Waals surface area (Å²) in [6.07, 6.45) is 1.46. The van der Waals surface area contributed by atoms with Gasteiger partial charge in [0.05, 0.1) is 0 Å². The number of imidazole rings is 1. The Bertz CT molecular complexity index is 520. The van der Waals surface area contributed by atoms with Gasteiger partial charge in [0.2, 0.25) is 0 Å². The van der Waals surface area contributed by atoms with E-state index in [1.54, 1.807) is 11.6 Å². The minimum atomic E-state index is -1.04. The zero-order valence-corrected chi connectivity index (χ0v) is 9.33. The molecule has 0 atom stereocenters. The lowest BCUT2D eigenvalue weighted by atomic mass is 10.3. The van der Waals surface area contributed by atoms with Crippen LogP contribution in [0.25, 0.3) is 0 Å². The molecule has 0 radical (unpaired) electrons. The van der Waals surface area contributed by atoms with Crippen molar-refractivity contribution in [1.82, 2.24) is 9.55 Å². The molecular formula is C12H12N2O3. The summed E-state index contributed by atoms with van der Waals surface area (Å²) in [5, 5.41) is 8.79. The van der Waals surface area contributed by atoms with Crippen molar-refractivity contribution >= 4 is 5.97 Å². The molecule has 5 nitrogen and oxygen atoms in total. The number of aryl methyl sites for hydroxylation is 1. The molecule has 0 spiro atoms. The summed E-state index contributed by atoms with van der Waals surface area (Å²) >= 11 is 0. The van der Waals surface area contributed by atoms with Crippen LogP contribution in [0, 0.1) is 0 Å². The lowest BCUT2D eigenvalue weighted by Crippen LogP contribution is -2.03. The van der Waals surface area contributed by atoms with Gasteiger partial charge in [-0.25, -0.2) is 9.78 Å². The highest BCUT2D eigenvalue weighted by atomic mass is 16.5. The van der Waals surface area contributed by atoms with Gasteiger partial charge >= 0.3 is 5.97 Å². The monoisotopic (exact) mass is 232 g/mol. The third-order valence-electron chi connectivity index (χ3n) is 2.30. The first kappa shape index (κ1) is 11.2. The fraction of sp³-hybridized carbons (Fsp3) is 0.167. The number of hydrogen-bond donors (Lipinski definition) is 1. The number of benzene rings is 1. The number of hydrogen-bond acceptors (Lipinski definition) is 3. The van der Waals surface area contributed by atoms with Crippen LogP contribution in [0.3, 0.4) is 0 Å². The van der Waals surface area contributed by atoms with Gasteiger partial charge in [0.1, 0.15) is 18.2 Å². The first-order valence-corrected chi connectivity index (χ1v) is 5.10. The van der Waals surface area contributed by atoms with Crippen LogP contribution in [0.2, 0.25) is 0 Å². The van der Waals surface area contributed by atoms with E-state index in [1.165, 1.54) is 6.20 Å². The minimum absolute atomic E-state index is 0.0270. The molecule has 0 aliphatic heterocycles. The maximum atomic E-state index is 10.7. The zero-order valence-electron chi connectivity index (χ0n) is 9.33. The summed E-state index contributed by atoms with van der Waals surface area (Å²) < 4.78 is 7.13. The molecule has 0 aliphatic rings. The van der Waals surface area contributed by atoms with Crippen molar-refractivity contribution in [2.24, 2.45) is 7.05 Å². The van der Waals surface area contributed by atoms with Gasteiger partial charge in [-0.2, -0.15) is 0 Å². The summed E-state index contributed by atoms with van der Waals surface area (Å²) in [4.78, 5) is 14.7. The number of carboxylic acids is 1. The molecule has 17 heavy (non-hydrogen) atoms. The highest BCUT2D eigenvalue weighted by Crippen LogP contribution is 2.11. The van der Waals surface area contributed by atoms with E-state index in [4.69, 9.17) is 9.84 Å². The molecule has 1 aromatic heterocycles. The molecule has 0 aliphatic carbocycles. The summed E-state index contributed by atoms with van der Waals surface area (Å²) in [6.45, 7) is 0.244. The summed E-state index contributed by atoms with van der Waals surface area (Å²) in [7, 11) is 1.74. The van der Waals surface area contributed by atoms with Gasteiger partial charge in [0.15, 0.2) is 5.69 Å². The Balaban J connectivity index is 2.07. The average Bonchev–Trinajstić information content (AvgIpc) is 2.70. The third kappa shape index (κ3) is 2.63. The largest absolute Gasteiger partial charge is 0.486 e. The van der Waals surface area contributed by atoms with Crippen molar-refractivity contribution in [1.29, 1.82) is 0 Å². The van der Waals surface area contributed by atoms with Crippen LogP contribution in [0.15, 0.2) is 36.5 Å². The maximum Gasteiger partial charge on any atom is 0.356 e. The molecule has 88 valence electrons. The van der Waals surface area contributed by atoms with Crippen LogP contribution in [0.5, 0.6) is 5.75 Å². The number of aromatic nitrogens is 2. The van der Waals surface area contributed by atoms with E-state index < -0.39 is 5.97 Å². The van der Waals surface area contributed by atoms with E-state index in [0.29, 0.717) is 5.82 Å². The van der Waals surface area contributed by atoms with Gasteiger partial charge in [-0.3, -0.25) is 0 Å². The van der Waals surface area contributed by atoms with E-state index in [-0.39, 0.29) is 12.3 Å². The second-order valence-electron chi connectivity index (χ2n) is 3.56. The summed E-state index contributed by atoms with van der Waals surface area (Å²) in [5.74, 6) is 0.269. The lowest BCUT2D eigenvalue weighted by Gasteiger charge is -2.05.